The molecule has 2 amide bonds. The van der Waals surface area contributed by atoms with Crippen molar-refractivity contribution in [2.24, 2.45) is 11.7 Å². The molecule has 4 N–H and O–H groups in total. The van der Waals surface area contributed by atoms with Crippen molar-refractivity contribution < 1.29 is 9.59 Å². The van der Waals surface area contributed by atoms with Gasteiger partial charge in [0.2, 0.25) is 11.8 Å². The number of carbonyl (C=O) groups is 2. The molecule has 0 aliphatic heterocycles. The van der Waals surface area contributed by atoms with Crippen LogP contribution in [0.15, 0.2) is 25.3 Å². The lowest BCUT2D eigenvalue weighted by Crippen LogP contribution is -2.46. The first-order valence-electron chi connectivity index (χ1n) is 8.60. The monoisotopic (exact) mass is 323 g/mol. The largest absolute Gasteiger partial charge is 0.370 e. The van der Waals surface area contributed by atoms with Gasteiger partial charge in [-0.2, -0.15) is 0 Å². The first-order valence-corrected chi connectivity index (χ1v) is 8.60. The van der Waals surface area contributed by atoms with E-state index in [4.69, 9.17) is 5.73 Å². The number of nitrogens with one attached hydrogen (secondary N) is 2. The molecular formula is C18H33N3O2. The van der Waals surface area contributed by atoms with Gasteiger partial charge in [-0.15, -0.1) is 6.58 Å². The maximum atomic E-state index is 12.5. The summed E-state index contributed by atoms with van der Waals surface area (Å²) in [5.74, 6) is -0.263. The Balaban J connectivity index is 4.42. The molecule has 2 unspecified atom stereocenters. The molecule has 0 rings (SSSR count). The fraction of sp³-hybridized carbons (Fsp3) is 0.667. The summed E-state index contributed by atoms with van der Waals surface area (Å²) in [4.78, 5) is 23.3. The molecule has 0 spiro atoms. The second-order valence-corrected chi connectivity index (χ2v) is 5.82. The van der Waals surface area contributed by atoms with E-state index in [1.165, 1.54) is 0 Å². The summed E-state index contributed by atoms with van der Waals surface area (Å²) in [5.41, 5.74) is 5.15. The Morgan fingerprint density at radius 2 is 1.78 bits per heavy atom. The lowest BCUT2D eigenvalue weighted by Gasteiger charge is -2.21. The van der Waals surface area contributed by atoms with Crippen LogP contribution in [0, 0.1) is 5.92 Å². The van der Waals surface area contributed by atoms with Gasteiger partial charge in [-0.1, -0.05) is 51.3 Å². The molecule has 0 saturated carbocycles. The van der Waals surface area contributed by atoms with E-state index in [1.807, 2.05) is 0 Å². The molecule has 0 radical (unpaired) electrons. The Morgan fingerprint density at radius 3 is 2.30 bits per heavy atom. The van der Waals surface area contributed by atoms with Gasteiger partial charge in [0.05, 0.1) is 6.17 Å². The van der Waals surface area contributed by atoms with Crippen molar-refractivity contribution in [3.8, 4) is 0 Å². The van der Waals surface area contributed by atoms with Crippen molar-refractivity contribution >= 4 is 11.8 Å². The summed E-state index contributed by atoms with van der Waals surface area (Å²) in [5, 5.41) is 6.10. The third-order valence-electron chi connectivity index (χ3n) is 3.77. The van der Waals surface area contributed by atoms with Gasteiger partial charge < -0.3 is 11.1 Å². The molecule has 23 heavy (non-hydrogen) atoms. The molecule has 0 aromatic heterocycles. The SMILES string of the molecule is C=CCNC(C=C)NC(=O)C(CCCCC)CCCCC(N)=O. The number of primary amides is 1. The fourth-order valence-electron chi connectivity index (χ4n) is 2.41. The second kappa shape index (κ2) is 14.0. The van der Waals surface area contributed by atoms with Crippen LogP contribution < -0.4 is 16.4 Å². The standard InChI is InChI=1S/C18H33N3O2/c1-4-7-8-11-15(12-9-10-13-16(19)22)18(23)21-17(6-3)20-14-5-2/h5-6,15,17,20H,2-4,7-14H2,1H3,(H2,19,22)(H,21,23). The molecule has 0 heterocycles. The molecule has 2 atom stereocenters. The summed E-state index contributed by atoms with van der Waals surface area (Å²) in [6, 6.07) is 0. The van der Waals surface area contributed by atoms with Crippen LogP contribution in [0.2, 0.25) is 0 Å². The van der Waals surface area contributed by atoms with E-state index < -0.39 is 0 Å². The van der Waals surface area contributed by atoms with E-state index in [-0.39, 0.29) is 23.9 Å². The summed E-state index contributed by atoms with van der Waals surface area (Å²) in [7, 11) is 0. The van der Waals surface area contributed by atoms with Crippen LogP contribution >= 0.6 is 0 Å². The highest BCUT2D eigenvalue weighted by Crippen LogP contribution is 2.18. The Labute approximate surface area is 140 Å². The summed E-state index contributed by atoms with van der Waals surface area (Å²) in [6.07, 6.45) is 10.1. The number of carbonyl (C=O) groups excluding carboxylic acids is 2. The van der Waals surface area contributed by atoms with Crippen LogP contribution in [0.25, 0.3) is 0 Å². The Morgan fingerprint density at radius 1 is 1.13 bits per heavy atom. The van der Waals surface area contributed by atoms with Gasteiger partial charge in [0.25, 0.3) is 0 Å². The van der Waals surface area contributed by atoms with Gasteiger partial charge in [-0.05, 0) is 19.3 Å². The van der Waals surface area contributed by atoms with Gasteiger partial charge in [0, 0.05) is 18.9 Å². The summed E-state index contributed by atoms with van der Waals surface area (Å²) in [6.45, 7) is 10.1. The summed E-state index contributed by atoms with van der Waals surface area (Å²) >= 11 is 0. The third kappa shape index (κ3) is 11.6. The van der Waals surface area contributed by atoms with Crippen molar-refractivity contribution in [3.05, 3.63) is 25.3 Å². The minimum absolute atomic E-state index is 0.0255. The lowest BCUT2D eigenvalue weighted by atomic mass is 9.94. The second-order valence-electron chi connectivity index (χ2n) is 5.82. The number of hydrogen-bond donors (Lipinski definition) is 3. The van der Waals surface area contributed by atoms with E-state index in [2.05, 4.69) is 30.7 Å². The smallest absolute Gasteiger partial charge is 0.224 e. The molecule has 0 aromatic carbocycles. The number of unbranched alkanes of at least 4 members (excludes halogenated alkanes) is 3. The summed E-state index contributed by atoms with van der Waals surface area (Å²) < 4.78 is 0. The molecule has 5 nitrogen and oxygen atoms in total. The average molecular weight is 323 g/mol. The third-order valence-corrected chi connectivity index (χ3v) is 3.77. The quantitative estimate of drug-likeness (QED) is 0.246. The maximum absolute atomic E-state index is 12.5. The predicted octanol–water partition coefficient (Wildman–Crippen LogP) is 2.63. The van der Waals surface area contributed by atoms with E-state index in [0.29, 0.717) is 13.0 Å². The van der Waals surface area contributed by atoms with E-state index >= 15 is 0 Å². The van der Waals surface area contributed by atoms with Crippen molar-refractivity contribution in [2.45, 2.75) is 64.5 Å². The Bertz CT molecular complexity index is 369. The zero-order valence-corrected chi connectivity index (χ0v) is 14.5. The topological polar surface area (TPSA) is 84.2 Å². The van der Waals surface area contributed by atoms with E-state index in [9.17, 15) is 9.59 Å². The van der Waals surface area contributed by atoms with E-state index in [0.717, 1.165) is 44.9 Å². The molecule has 0 bridgehead atoms. The lowest BCUT2D eigenvalue weighted by molar-refractivity contribution is -0.126. The zero-order valence-electron chi connectivity index (χ0n) is 14.5. The average Bonchev–Trinajstić information content (AvgIpc) is 2.53. The minimum Gasteiger partial charge on any atom is -0.370 e. The zero-order chi connectivity index (χ0) is 17.5. The molecule has 0 aliphatic rings. The van der Waals surface area contributed by atoms with Crippen LogP contribution in [0.3, 0.4) is 0 Å². The van der Waals surface area contributed by atoms with Crippen LogP contribution in [0.5, 0.6) is 0 Å². The number of nitrogens with two attached hydrogens (primary N) is 1. The molecule has 5 heteroatoms. The molecular weight excluding hydrogens is 290 g/mol. The first kappa shape index (κ1) is 21.4. The highest BCUT2D eigenvalue weighted by atomic mass is 16.2. The number of amides is 2. The van der Waals surface area contributed by atoms with Crippen molar-refractivity contribution in [2.75, 3.05) is 6.54 Å². The van der Waals surface area contributed by atoms with Crippen molar-refractivity contribution in [1.82, 2.24) is 10.6 Å². The van der Waals surface area contributed by atoms with Gasteiger partial charge in [-0.3, -0.25) is 14.9 Å². The molecule has 0 aromatic rings. The number of hydrogen-bond acceptors (Lipinski definition) is 3. The highest BCUT2D eigenvalue weighted by molar-refractivity contribution is 5.79. The van der Waals surface area contributed by atoms with Gasteiger partial charge >= 0.3 is 0 Å². The van der Waals surface area contributed by atoms with Gasteiger partial charge in [0.1, 0.15) is 0 Å². The number of rotatable bonds is 15. The van der Waals surface area contributed by atoms with Crippen molar-refractivity contribution in [3.63, 3.8) is 0 Å². The van der Waals surface area contributed by atoms with Gasteiger partial charge in [-0.25, -0.2) is 0 Å². The predicted molar refractivity (Wildman–Crippen MR) is 95.6 cm³/mol. The van der Waals surface area contributed by atoms with Gasteiger partial charge in [0.15, 0.2) is 0 Å². The van der Waals surface area contributed by atoms with E-state index in [1.54, 1.807) is 12.2 Å². The fourth-order valence-corrected chi connectivity index (χ4v) is 2.41. The van der Waals surface area contributed by atoms with Crippen LogP contribution in [0.1, 0.15) is 58.3 Å². The Kier molecular flexibility index (Phi) is 13.0. The van der Waals surface area contributed by atoms with Crippen LogP contribution in [-0.2, 0) is 9.59 Å². The normalized spacial score (nSPS) is 13.1. The van der Waals surface area contributed by atoms with Crippen LogP contribution in [0.4, 0.5) is 0 Å². The molecule has 0 saturated heterocycles. The highest BCUT2D eigenvalue weighted by Gasteiger charge is 2.19. The maximum Gasteiger partial charge on any atom is 0.224 e. The first-order chi connectivity index (χ1) is 11.0. The minimum atomic E-state index is -0.280. The van der Waals surface area contributed by atoms with Crippen molar-refractivity contribution in [1.29, 1.82) is 0 Å². The van der Waals surface area contributed by atoms with Crippen LogP contribution in [-0.4, -0.2) is 24.5 Å². The molecule has 0 aliphatic carbocycles. The Hall–Kier alpha value is -1.62. The molecule has 0 fully saturated rings. The molecule has 132 valence electrons.